The lowest BCUT2D eigenvalue weighted by atomic mass is 9.71. The summed E-state index contributed by atoms with van der Waals surface area (Å²) in [5.41, 5.74) is 1.76. The van der Waals surface area contributed by atoms with Crippen LogP contribution in [0.2, 0.25) is 0 Å². The van der Waals surface area contributed by atoms with Crippen LogP contribution in [0.3, 0.4) is 0 Å². The molecule has 2 aliphatic rings. The zero-order chi connectivity index (χ0) is 14.0. The maximum atomic E-state index is 4.78. The molecule has 3 nitrogen and oxygen atoms in total. The molecule has 0 aromatic carbocycles. The molecule has 0 aliphatic heterocycles. The minimum Gasteiger partial charge on any atom is -0.313 e. The minimum atomic E-state index is 0.468. The number of hydrogen-bond acceptors (Lipinski definition) is 2. The zero-order valence-corrected chi connectivity index (χ0v) is 13.1. The van der Waals surface area contributed by atoms with Gasteiger partial charge in [-0.15, -0.1) is 0 Å². The first kappa shape index (κ1) is 14.1. The fourth-order valence-electron chi connectivity index (χ4n) is 3.51. The molecule has 0 amide bonds. The first-order chi connectivity index (χ1) is 9.67. The molecule has 0 atom stereocenters. The average molecular weight is 275 g/mol. The molecule has 1 heterocycles. The Bertz CT molecular complexity index is 425. The summed E-state index contributed by atoms with van der Waals surface area (Å²) in [6, 6.07) is 3.52. The highest BCUT2D eigenvalue weighted by molar-refractivity contribution is 5.05. The van der Waals surface area contributed by atoms with Gasteiger partial charge in [0.1, 0.15) is 0 Å². The minimum absolute atomic E-state index is 0.468. The third-order valence-electron chi connectivity index (χ3n) is 5.01. The van der Waals surface area contributed by atoms with Crippen LogP contribution in [0.25, 0.3) is 0 Å². The van der Waals surface area contributed by atoms with Crippen LogP contribution >= 0.6 is 0 Å². The topological polar surface area (TPSA) is 29.9 Å². The number of nitrogens with one attached hydrogen (secondary N) is 1. The molecule has 0 saturated heterocycles. The van der Waals surface area contributed by atoms with Crippen LogP contribution in [0.15, 0.2) is 12.3 Å². The van der Waals surface area contributed by atoms with E-state index < -0.39 is 0 Å². The second-order valence-electron chi connectivity index (χ2n) is 7.27. The third-order valence-corrected chi connectivity index (χ3v) is 5.01. The molecular formula is C17H29N3. The molecule has 112 valence electrons. The molecule has 1 aromatic heterocycles. The van der Waals surface area contributed by atoms with Crippen LogP contribution < -0.4 is 5.32 Å². The van der Waals surface area contributed by atoms with Crippen molar-refractivity contribution in [2.45, 2.75) is 77.3 Å². The number of hydrogen-bond donors (Lipinski definition) is 1. The van der Waals surface area contributed by atoms with Gasteiger partial charge in [0.25, 0.3) is 0 Å². The molecule has 0 bridgehead atoms. The van der Waals surface area contributed by atoms with E-state index in [0.717, 1.165) is 12.5 Å². The van der Waals surface area contributed by atoms with E-state index in [-0.39, 0.29) is 0 Å². The molecule has 3 rings (SSSR count). The van der Waals surface area contributed by atoms with Crippen LogP contribution in [-0.4, -0.2) is 22.4 Å². The van der Waals surface area contributed by atoms with Crippen LogP contribution in [0.1, 0.15) is 70.5 Å². The van der Waals surface area contributed by atoms with Crippen LogP contribution in [0.4, 0.5) is 0 Å². The fraction of sp³-hybridized carbons (Fsp3) is 0.824. The normalized spacial score (nSPS) is 22.4. The highest BCUT2D eigenvalue weighted by Crippen LogP contribution is 2.39. The smallest absolute Gasteiger partial charge is 0.0630 e. The molecule has 1 N–H and O–H groups in total. The molecule has 0 unspecified atom stereocenters. The van der Waals surface area contributed by atoms with Gasteiger partial charge in [-0.25, -0.2) is 0 Å². The number of nitrogens with zero attached hydrogens (tertiary/aromatic N) is 2. The van der Waals surface area contributed by atoms with Crippen molar-refractivity contribution in [3.63, 3.8) is 0 Å². The standard InChI is InChI=1S/C17H29N3/c1-14(2)20-11-8-16(19-20)12-17(9-4-3-5-10-17)13-18-15-6-7-15/h8,11,14-15,18H,3-7,9-10,12-13H2,1-2H3. The largest absolute Gasteiger partial charge is 0.313 e. The highest BCUT2D eigenvalue weighted by Gasteiger charge is 2.34. The van der Waals surface area contributed by atoms with E-state index in [1.807, 2.05) is 0 Å². The maximum absolute atomic E-state index is 4.78. The van der Waals surface area contributed by atoms with Crippen LogP contribution in [0, 0.1) is 5.41 Å². The number of rotatable bonds is 6. The Labute approximate surface area is 123 Å². The lowest BCUT2D eigenvalue weighted by Gasteiger charge is -2.37. The van der Waals surface area contributed by atoms with Gasteiger partial charge in [-0.05, 0) is 57.4 Å². The van der Waals surface area contributed by atoms with Gasteiger partial charge in [0.05, 0.1) is 5.69 Å². The third kappa shape index (κ3) is 3.43. The molecule has 2 fully saturated rings. The highest BCUT2D eigenvalue weighted by atomic mass is 15.3. The molecule has 1 aromatic rings. The van der Waals surface area contributed by atoms with E-state index in [1.54, 1.807) is 0 Å². The van der Waals surface area contributed by atoms with Crippen molar-refractivity contribution in [2.24, 2.45) is 5.41 Å². The van der Waals surface area contributed by atoms with Crippen molar-refractivity contribution >= 4 is 0 Å². The Morgan fingerprint density at radius 2 is 2.05 bits per heavy atom. The van der Waals surface area contributed by atoms with Gasteiger partial charge in [0.15, 0.2) is 0 Å². The van der Waals surface area contributed by atoms with Gasteiger partial charge < -0.3 is 5.32 Å². The van der Waals surface area contributed by atoms with Gasteiger partial charge in [-0.1, -0.05) is 19.3 Å². The Balaban J connectivity index is 1.67. The van der Waals surface area contributed by atoms with E-state index in [2.05, 4.69) is 36.1 Å². The Kier molecular flexibility index (Phi) is 4.16. The van der Waals surface area contributed by atoms with Crippen LogP contribution in [-0.2, 0) is 6.42 Å². The van der Waals surface area contributed by atoms with E-state index in [1.165, 1.54) is 57.2 Å². The Morgan fingerprint density at radius 1 is 1.30 bits per heavy atom. The van der Waals surface area contributed by atoms with Crippen molar-refractivity contribution < 1.29 is 0 Å². The summed E-state index contributed by atoms with van der Waals surface area (Å²) in [5, 5.41) is 8.56. The van der Waals surface area contributed by atoms with Crippen molar-refractivity contribution in [1.29, 1.82) is 0 Å². The Morgan fingerprint density at radius 3 is 2.65 bits per heavy atom. The van der Waals surface area contributed by atoms with Gasteiger partial charge in [0, 0.05) is 24.8 Å². The predicted molar refractivity (Wildman–Crippen MR) is 82.9 cm³/mol. The summed E-state index contributed by atoms with van der Waals surface area (Å²) < 4.78 is 2.10. The van der Waals surface area contributed by atoms with Crippen molar-refractivity contribution in [2.75, 3.05) is 6.54 Å². The lowest BCUT2D eigenvalue weighted by Crippen LogP contribution is -2.39. The SMILES string of the molecule is CC(C)n1ccc(CC2(CNC3CC3)CCCCC2)n1. The summed E-state index contributed by atoms with van der Waals surface area (Å²) >= 11 is 0. The van der Waals surface area contributed by atoms with Crippen molar-refractivity contribution in [3.05, 3.63) is 18.0 Å². The van der Waals surface area contributed by atoms with E-state index in [0.29, 0.717) is 11.5 Å². The molecule has 0 radical (unpaired) electrons. The maximum Gasteiger partial charge on any atom is 0.0630 e. The molecule has 2 aliphatic carbocycles. The first-order valence-corrected chi connectivity index (χ1v) is 8.44. The van der Waals surface area contributed by atoms with E-state index >= 15 is 0 Å². The van der Waals surface area contributed by atoms with Gasteiger partial charge in [-0.3, -0.25) is 4.68 Å². The van der Waals surface area contributed by atoms with Gasteiger partial charge >= 0.3 is 0 Å². The summed E-state index contributed by atoms with van der Waals surface area (Å²) in [4.78, 5) is 0. The second kappa shape index (κ2) is 5.88. The summed E-state index contributed by atoms with van der Waals surface area (Å²) in [6.45, 7) is 5.59. The monoisotopic (exact) mass is 275 g/mol. The molecule has 3 heteroatoms. The molecule has 2 saturated carbocycles. The summed E-state index contributed by atoms with van der Waals surface area (Å²) in [5.74, 6) is 0. The molecule has 0 spiro atoms. The number of aromatic nitrogens is 2. The quantitative estimate of drug-likeness (QED) is 0.857. The van der Waals surface area contributed by atoms with E-state index in [4.69, 9.17) is 5.10 Å². The van der Waals surface area contributed by atoms with Crippen LogP contribution in [0.5, 0.6) is 0 Å². The average Bonchev–Trinajstić information content (AvgIpc) is 3.16. The molecular weight excluding hydrogens is 246 g/mol. The van der Waals surface area contributed by atoms with Gasteiger partial charge in [-0.2, -0.15) is 5.10 Å². The van der Waals surface area contributed by atoms with Crippen molar-refractivity contribution in [1.82, 2.24) is 15.1 Å². The lowest BCUT2D eigenvalue weighted by molar-refractivity contribution is 0.178. The zero-order valence-electron chi connectivity index (χ0n) is 13.1. The first-order valence-electron chi connectivity index (χ1n) is 8.44. The summed E-state index contributed by atoms with van der Waals surface area (Å²) in [7, 11) is 0. The fourth-order valence-corrected chi connectivity index (χ4v) is 3.51. The molecule has 20 heavy (non-hydrogen) atoms. The van der Waals surface area contributed by atoms with Crippen molar-refractivity contribution in [3.8, 4) is 0 Å². The second-order valence-corrected chi connectivity index (χ2v) is 7.27. The van der Waals surface area contributed by atoms with Gasteiger partial charge in [0.2, 0.25) is 0 Å². The Hall–Kier alpha value is -0.830. The predicted octanol–water partition coefficient (Wildman–Crippen LogP) is 3.71. The van der Waals surface area contributed by atoms with E-state index in [9.17, 15) is 0 Å². The summed E-state index contributed by atoms with van der Waals surface area (Å²) in [6.07, 6.45) is 13.1.